The number of nitrogens with two attached hydrogens (primary N) is 1. The molecule has 0 radical (unpaired) electrons. The van der Waals surface area contributed by atoms with Crippen molar-refractivity contribution >= 4 is 0 Å². The van der Waals surface area contributed by atoms with E-state index < -0.39 is 5.54 Å². The fourth-order valence-electron chi connectivity index (χ4n) is 3.23. The highest BCUT2D eigenvalue weighted by molar-refractivity contribution is 5.11. The van der Waals surface area contributed by atoms with E-state index >= 15 is 0 Å². The van der Waals surface area contributed by atoms with Crippen LogP contribution >= 0.6 is 0 Å². The summed E-state index contributed by atoms with van der Waals surface area (Å²) in [7, 11) is 1.74. The zero-order valence-electron chi connectivity index (χ0n) is 12.7. The maximum absolute atomic E-state index is 6.36. The number of hydrogen-bond acceptors (Lipinski definition) is 5. The van der Waals surface area contributed by atoms with Crippen LogP contribution in [-0.2, 0) is 15.9 Å². The average molecular weight is 279 g/mol. The Morgan fingerprint density at radius 3 is 2.50 bits per heavy atom. The van der Waals surface area contributed by atoms with E-state index in [-0.39, 0.29) is 5.60 Å². The van der Waals surface area contributed by atoms with Crippen molar-refractivity contribution in [3.8, 4) is 0 Å². The van der Waals surface area contributed by atoms with Crippen LogP contribution in [0.15, 0.2) is 4.52 Å². The lowest BCUT2D eigenvalue weighted by Crippen LogP contribution is -2.37. The molecule has 20 heavy (non-hydrogen) atoms. The Morgan fingerprint density at radius 1 is 1.30 bits per heavy atom. The van der Waals surface area contributed by atoms with Gasteiger partial charge in [0, 0.05) is 7.11 Å². The molecule has 2 fully saturated rings. The van der Waals surface area contributed by atoms with Crippen molar-refractivity contribution in [2.45, 2.75) is 63.5 Å². The molecule has 1 unspecified atom stereocenters. The van der Waals surface area contributed by atoms with Gasteiger partial charge in [-0.3, -0.25) is 0 Å². The molecule has 5 heteroatoms. The van der Waals surface area contributed by atoms with Crippen molar-refractivity contribution in [1.29, 1.82) is 0 Å². The van der Waals surface area contributed by atoms with Gasteiger partial charge in [0.2, 0.25) is 11.7 Å². The zero-order chi connectivity index (χ0) is 14.4. The Labute approximate surface area is 120 Å². The van der Waals surface area contributed by atoms with Gasteiger partial charge < -0.3 is 15.0 Å². The summed E-state index contributed by atoms with van der Waals surface area (Å²) in [5.41, 5.74) is 5.48. The van der Waals surface area contributed by atoms with E-state index in [1.165, 1.54) is 0 Å². The van der Waals surface area contributed by atoms with Gasteiger partial charge in [-0.2, -0.15) is 4.98 Å². The van der Waals surface area contributed by atoms with Gasteiger partial charge in [-0.05, 0) is 57.3 Å². The zero-order valence-corrected chi connectivity index (χ0v) is 12.7. The summed E-state index contributed by atoms with van der Waals surface area (Å²) in [5, 5.41) is 4.19. The van der Waals surface area contributed by atoms with Crippen LogP contribution in [0.1, 0.15) is 64.1 Å². The first-order valence-electron chi connectivity index (χ1n) is 7.66. The molecule has 2 aliphatic rings. The van der Waals surface area contributed by atoms with E-state index in [1.54, 1.807) is 7.11 Å². The van der Waals surface area contributed by atoms with E-state index in [0.29, 0.717) is 17.6 Å². The summed E-state index contributed by atoms with van der Waals surface area (Å²) in [5.74, 6) is 2.46. The fourth-order valence-corrected chi connectivity index (χ4v) is 3.23. The molecule has 0 saturated heterocycles. The van der Waals surface area contributed by atoms with Crippen LogP contribution in [-0.4, -0.2) is 17.3 Å². The van der Waals surface area contributed by atoms with Crippen molar-refractivity contribution in [3.05, 3.63) is 11.7 Å². The third-order valence-electron chi connectivity index (χ3n) is 5.19. The molecule has 1 heterocycles. The largest absolute Gasteiger partial charge is 0.370 e. The molecule has 0 spiro atoms. The van der Waals surface area contributed by atoms with E-state index in [0.717, 1.165) is 44.4 Å². The Hall–Kier alpha value is -0.940. The third-order valence-corrected chi connectivity index (χ3v) is 5.19. The Bertz CT molecular complexity index is 471. The van der Waals surface area contributed by atoms with Crippen molar-refractivity contribution in [1.82, 2.24) is 10.1 Å². The SMILES string of the molecule is COC1(c2noc(C(C)(N)C3CC3)n2)CCC(C)CC1. The van der Waals surface area contributed by atoms with Crippen LogP contribution in [0, 0.1) is 11.8 Å². The second kappa shape index (κ2) is 4.81. The van der Waals surface area contributed by atoms with Gasteiger partial charge in [-0.25, -0.2) is 0 Å². The van der Waals surface area contributed by atoms with Gasteiger partial charge >= 0.3 is 0 Å². The highest BCUT2D eigenvalue weighted by Crippen LogP contribution is 2.45. The molecule has 2 saturated carbocycles. The summed E-state index contributed by atoms with van der Waals surface area (Å²) in [6, 6.07) is 0. The van der Waals surface area contributed by atoms with Gasteiger partial charge in [0.25, 0.3) is 0 Å². The molecule has 0 bridgehead atoms. The molecule has 1 aromatic rings. The number of hydrogen-bond donors (Lipinski definition) is 1. The minimum Gasteiger partial charge on any atom is -0.370 e. The van der Waals surface area contributed by atoms with E-state index in [4.69, 9.17) is 15.0 Å². The predicted octanol–water partition coefficient (Wildman–Crippen LogP) is 2.71. The summed E-state index contributed by atoms with van der Waals surface area (Å²) >= 11 is 0. The maximum Gasteiger partial charge on any atom is 0.246 e. The first kappa shape index (κ1) is 14.0. The first-order chi connectivity index (χ1) is 9.48. The molecule has 112 valence electrons. The van der Waals surface area contributed by atoms with Crippen LogP contribution in [0.4, 0.5) is 0 Å². The van der Waals surface area contributed by atoms with Crippen molar-refractivity contribution in [2.24, 2.45) is 17.6 Å². The van der Waals surface area contributed by atoms with Gasteiger partial charge in [0.05, 0.1) is 5.54 Å². The number of ether oxygens (including phenoxy) is 1. The molecule has 1 atom stereocenters. The van der Waals surface area contributed by atoms with Crippen LogP contribution in [0.25, 0.3) is 0 Å². The lowest BCUT2D eigenvalue weighted by molar-refractivity contribution is -0.0609. The molecule has 0 aromatic carbocycles. The molecule has 0 aliphatic heterocycles. The maximum atomic E-state index is 6.36. The standard InChI is InChI=1S/C15H25N3O2/c1-10-6-8-15(19-3,9-7-10)12-17-13(20-18-12)14(2,16)11-4-5-11/h10-11H,4-9,16H2,1-3H3. The average Bonchev–Trinajstić information content (AvgIpc) is 3.18. The summed E-state index contributed by atoms with van der Waals surface area (Å²) in [6.45, 7) is 4.27. The first-order valence-corrected chi connectivity index (χ1v) is 7.66. The molecular formula is C15H25N3O2. The molecule has 0 amide bonds. The van der Waals surface area contributed by atoms with Crippen LogP contribution in [0.5, 0.6) is 0 Å². The molecule has 5 nitrogen and oxygen atoms in total. The van der Waals surface area contributed by atoms with Crippen molar-refractivity contribution in [3.63, 3.8) is 0 Å². The van der Waals surface area contributed by atoms with Gasteiger partial charge in [-0.15, -0.1) is 0 Å². The Kier molecular flexibility index (Phi) is 3.37. The lowest BCUT2D eigenvalue weighted by atomic mass is 9.79. The molecule has 2 N–H and O–H groups in total. The number of methoxy groups -OCH3 is 1. The number of nitrogens with zero attached hydrogens (tertiary/aromatic N) is 2. The highest BCUT2D eigenvalue weighted by Gasteiger charge is 2.46. The summed E-state index contributed by atoms with van der Waals surface area (Å²) in [4.78, 5) is 4.61. The third kappa shape index (κ3) is 2.27. The van der Waals surface area contributed by atoms with Crippen molar-refractivity contribution in [2.75, 3.05) is 7.11 Å². The smallest absolute Gasteiger partial charge is 0.246 e. The summed E-state index contributed by atoms with van der Waals surface area (Å²) < 4.78 is 11.3. The number of rotatable bonds is 4. The van der Waals surface area contributed by atoms with E-state index in [2.05, 4.69) is 17.1 Å². The topological polar surface area (TPSA) is 74.2 Å². The van der Waals surface area contributed by atoms with Crippen molar-refractivity contribution < 1.29 is 9.26 Å². The molecule has 3 rings (SSSR count). The van der Waals surface area contributed by atoms with Gasteiger partial charge in [0.15, 0.2) is 0 Å². The highest BCUT2D eigenvalue weighted by atomic mass is 16.5. The molecule has 2 aliphatic carbocycles. The normalized spacial score (nSPS) is 33.9. The lowest BCUT2D eigenvalue weighted by Gasteiger charge is -2.35. The van der Waals surface area contributed by atoms with Crippen LogP contribution in [0.2, 0.25) is 0 Å². The quantitative estimate of drug-likeness (QED) is 0.917. The Balaban J connectivity index is 1.84. The minimum atomic E-state index is -0.498. The minimum absolute atomic E-state index is 0.381. The van der Waals surface area contributed by atoms with Crippen LogP contribution in [0.3, 0.4) is 0 Å². The molecular weight excluding hydrogens is 254 g/mol. The Morgan fingerprint density at radius 2 is 1.95 bits per heavy atom. The second-order valence-electron chi connectivity index (χ2n) is 6.86. The second-order valence-corrected chi connectivity index (χ2v) is 6.86. The van der Waals surface area contributed by atoms with Crippen LogP contribution < -0.4 is 5.73 Å². The fraction of sp³-hybridized carbons (Fsp3) is 0.867. The van der Waals surface area contributed by atoms with Gasteiger partial charge in [0.1, 0.15) is 5.60 Å². The predicted molar refractivity (Wildman–Crippen MR) is 74.9 cm³/mol. The summed E-state index contributed by atoms with van der Waals surface area (Å²) in [6.07, 6.45) is 6.48. The monoisotopic (exact) mass is 279 g/mol. The molecule has 1 aromatic heterocycles. The van der Waals surface area contributed by atoms with Gasteiger partial charge in [-0.1, -0.05) is 12.1 Å². The number of aromatic nitrogens is 2. The van der Waals surface area contributed by atoms with E-state index in [1.807, 2.05) is 6.92 Å². The van der Waals surface area contributed by atoms with E-state index in [9.17, 15) is 0 Å².